The lowest BCUT2D eigenvalue weighted by Gasteiger charge is -2.41. The highest BCUT2D eigenvalue weighted by Crippen LogP contribution is 2.33. The van der Waals surface area contributed by atoms with Gasteiger partial charge in [0, 0.05) is 10.6 Å². The highest BCUT2D eigenvalue weighted by atomic mass is 35.5. The van der Waals surface area contributed by atoms with E-state index in [4.69, 9.17) is 21.1 Å². The molecule has 0 amide bonds. The molecule has 1 saturated heterocycles. The van der Waals surface area contributed by atoms with Gasteiger partial charge in [-0.25, -0.2) is 17.9 Å². The smallest absolute Gasteiger partial charge is 0.228 e. The molecule has 2 aromatic carbocycles. The highest BCUT2D eigenvalue weighted by molar-refractivity contribution is 6.30. The van der Waals surface area contributed by atoms with Crippen molar-refractivity contribution in [3.63, 3.8) is 0 Å². The van der Waals surface area contributed by atoms with Crippen molar-refractivity contribution in [2.45, 2.75) is 30.6 Å². The van der Waals surface area contributed by atoms with Gasteiger partial charge >= 0.3 is 0 Å². The number of aromatic nitrogens is 3. The summed E-state index contributed by atoms with van der Waals surface area (Å²) in [5.41, 5.74) is -0.143. The van der Waals surface area contributed by atoms with E-state index in [1.54, 1.807) is 18.2 Å². The maximum atomic E-state index is 13.6. The second-order valence-corrected chi connectivity index (χ2v) is 7.55. The van der Waals surface area contributed by atoms with Crippen LogP contribution in [-0.2, 0) is 4.74 Å². The molecule has 4 rings (SSSR count). The van der Waals surface area contributed by atoms with Crippen molar-refractivity contribution in [2.24, 2.45) is 0 Å². The van der Waals surface area contributed by atoms with Crippen molar-refractivity contribution in [2.75, 3.05) is 6.61 Å². The molecule has 170 valence electrons. The molecule has 0 radical (unpaired) electrons. The van der Waals surface area contributed by atoms with E-state index in [0.717, 1.165) is 16.8 Å². The zero-order valence-corrected chi connectivity index (χ0v) is 16.9. The molecule has 3 aromatic rings. The molecule has 3 N–H and O–H groups in total. The van der Waals surface area contributed by atoms with Crippen LogP contribution in [0.2, 0.25) is 5.02 Å². The minimum absolute atomic E-state index is 0.0402. The lowest BCUT2D eigenvalue weighted by molar-refractivity contribution is -0.260. The molecule has 5 atom stereocenters. The van der Waals surface area contributed by atoms with Crippen LogP contribution in [0.4, 0.5) is 13.2 Å². The van der Waals surface area contributed by atoms with E-state index in [9.17, 15) is 28.5 Å². The minimum Gasteiger partial charge on any atom is -0.462 e. The molecule has 1 fully saturated rings. The van der Waals surface area contributed by atoms with Crippen molar-refractivity contribution < 1.29 is 38.0 Å². The molecule has 1 aromatic heterocycles. The van der Waals surface area contributed by atoms with Gasteiger partial charge in [0.2, 0.25) is 6.29 Å². The fourth-order valence-electron chi connectivity index (χ4n) is 3.41. The van der Waals surface area contributed by atoms with E-state index in [2.05, 4.69) is 10.3 Å². The van der Waals surface area contributed by atoms with Crippen molar-refractivity contribution in [1.29, 1.82) is 0 Å². The summed E-state index contributed by atoms with van der Waals surface area (Å²) in [6.07, 6.45) is -4.21. The minimum atomic E-state index is -1.62. The molecular weight excluding hydrogens is 455 g/mol. The van der Waals surface area contributed by atoms with Gasteiger partial charge in [-0.15, -0.1) is 5.10 Å². The molecule has 8 nitrogen and oxygen atoms in total. The molecule has 0 bridgehead atoms. The second-order valence-electron chi connectivity index (χ2n) is 7.11. The van der Waals surface area contributed by atoms with Crippen LogP contribution >= 0.6 is 11.6 Å². The Morgan fingerprint density at radius 1 is 1.09 bits per heavy atom. The van der Waals surface area contributed by atoms with Crippen LogP contribution in [0, 0.1) is 17.5 Å². The Morgan fingerprint density at radius 3 is 2.47 bits per heavy atom. The number of nitrogens with zero attached hydrogens (tertiary/aromatic N) is 3. The van der Waals surface area contributed by atoms with Gasteiger partial charge in [-0.2, -0.15) is 0 Å². The molecule has 12 heteroatoms. The number of aliphatic hydroxyl groups excluding tert-OH is 3. The summed E-state index contributed by atoms with van der Waals surface area (Å²) in [5.74, 6) is -4.17. The van der Waals surface area contributed by atoms with Gasteiger partial charge in [0.1, 0.15) is 35.8 Å². The van der Waals surface area contributed by atoms with Crippen LogP contribution in [0.5, 0.6) is 5.75 Å². The summed E-state index contributed by atoms with van der Waals surface area (Å²) in [4.78, 5) is 0. The molecule has 0 saturated carbocycles. The summed E-state index contributed by atoms with van der Waals surface area (Å²) in [7, 11) is 0. The number of ether oxygens (including phenoxy) is 2. The molecule has 1 aliphatic heterocycles. The highest BCUT2D eigenvalue weighted by Gasteiger charge is 2.47. The number of hydrogen-bond donors (Lipinski definition) is 3. The third kappa shape index (κ3) is 4.30. The Hall–Kier alpha value is -2.70. The van der Waals surface area contributed by atoms with E-state index in [1.807, 2.05) is 0 Å². The molecule has 1 aliphatic rings. The third-order valence-corrected chi connectivity index (χ3v) is 5.23. The van der Waals surface area contributed by atoms with Crippen LogP contribution < -0.4 is 4.74 Å². The van der Waals surface area contributed by atoms with E-state index in [1.165, 1.54) is 12.3 Å². The fourth-order valence-corrected chi connectivity index (χ4v) is 3.59. The van der Waals surface area contributed by atoms with Crippen LogP contribution in [-0.4, -0.2) is 61.5 Å². The SMILES string of the molecule is OCC1O[C@H](Oc2cccc(Cl)c2)C(O)[C@@H](n2cc(-c3cc(F)c(F)c(F)c3)nn2)[C@H]1O. The Kier molecular flexibility index (Phi) is 6.35. The number of benzene rings is 2. The summed E-state index contributed by atoms with van der Waals surface area (Å²) < 4.78 is 52.6. The van der Waals surface area contributed by atoms with Gasteiger partial charge in [0.05, 0.1) is 12.8 Å². The van der Waals surface area contributed by atoms with E-state index < -0.39 is 54.7 Å². The van der Waals surface area contributed by atoms with Crippen molar-refractivity contribution in [3.05, 3.63) is 65.1 Å². The topological polar surface area (TPSA) is 110 Å². The zero-order chi connectivity index (χ0) is 23.0. The first-order chi connectivity index (χ1) is 15.3. The molecule has 2 unspecified atom stereocenters. The number of hydrogen-bond acceptors (Lipinski definition) is 7. The largest absolute Gasteiger partial charge is 0.462 e. The number of halogens is 4. The van der Waals surface area contributed by atoms with Gasteiger partial charge in [-0.3, -0.25) is 0 Å². The lowest BCUT2D eigenvalue weighted by atomic mass is 9.96. The Morgan fingerprint density at radius 2 is 1.81 bits per heavy atom. The van der Waals surface area contributed by atoms with Gasteiger partial charge in [0.15, 0.2) is 17.5 Å². The summed E-state index contributed by atoms with van der Waals surface area (Å²) in [5, 5.41) is 39.0. The van der Waals surface area contributed by atoms with E-state index in [0.29, 0.717) is 5.02 Å². The second kappa shape index (κ2) is 9.04. The average Bonchev–Trinajstić information content (AvgIpc) is 3.23. The maximum absolute atomic E-state index is 13.6. The molecule has 0 aliphatic carbocycles. The van der Waals surface area contributed by atoms with Gasteiger partial charge in [-0.1, -0.05) is 22.9 Å². The van der Waals surface area contributed by atoms with Crippen LogP contribution in [0.1, 0.15) is 6.04 Å². The fraction of sp³-hybridized carbons (Fsp3) is 0.300. The predicted octanol–water partition coefficient (Wildman–Crippen LogP) is 2.07. The zero-order valence-electron chi connectivity index (χ0n) is 16.1. The third-order valence-electron chi connectivity index (χ3n) is 4.99. The Balaban J connectivity index is 1.64. The summed E-state index contributed by atoms with van der Waals surface area (Å²) in [6, 6.07) is 6.57. The van der Waals surface area contributed by atoms with Gasteiger partial charge in [0.25, 0.3) is 0 Å². The standard InChI is InChI=1S/C20H17ClF3N3O5/c21-10-2-1-3-11(6-10)31-20-19(30)17(18(29)15(8-28)32-20)27-7-14(25-26-27)9-4-12(22)16(24)13(23)5-9/h1-7,15,17-20,28-30H,8H2/t15?,17-,18-,19?,20-/m0/s1. The predicted molar refractivity (Wildman–Crippen MR) is 104 cm³/mol. The van der Waals surface area contributed by atoms with Crippen LogP contribution in [0.3, 0.4) is 0 Å². The average molecular weight is 472 g/mol. The van der Waals surface area contributed by atoms with E-state index in [-0.39, 0.29) is 17.0 Å². The lowest BCUT2D eigenvalue weighted by Crippen LogP contribution is -2.57. The normalized spacial score (nSPS) is 25.7. The molecule has 0 spiro atoms. The van der Waals surface area contributed by atoms with Gasteiger partial charge in [-0.05, 0) is 30.3 Å². The van der Waals surface area contributed by atoms with Crippen LogP contribution in [0.25, 0.3) is 11.3 Å². The first-order valence-corrected chi connectivity index (χ1v) is 9.77. The first-order valence-electron chi connectivity index (χ1n) is 9.40. The monoisotopic (exact) mass is 471 g/mol. The summed E-state index contributed by atoms with van der Waals surface area (Å²) >= 11 is 5.93. The number of aliphatic hydroxyl groups is 3. The van der Waals surface area contributed by atoms with Gasteiger partial charge < -0.3 is 24.8 Å². The van der Waals surface area contributed by atoms with E-state index >= 15 is 0 Å². The van der Waals surface area contributed by atoms with Crippen molar-refractivity contribution >= 4 is 11.6 Å². The molecule has 32 heavy (non-hydrogen) atoms. The number of rotatable bonds is 5. The first kappa shape index (κ1) is 22.5. The summed E-state index contributed by atoms with van der Waals surface area (Å²) in [6.45, 7) is -0.601. The van der Waals surface area contributed by atoms with Crippen molar-refractivity contribution in [3.8, 4) is 17.0 Å². The van der Waals surface area contributed by atoms with Crippen LogP contribution in [0.15, 0.2) is 42.6 Å². The quantitative estimate of drug-likeness (QED) is 0.489. The molecular formula is C20H17ClF3N3O5. The molecule has 2 heterocycles. The van der Waals surface area contributed by atoms with Crippen molar-refractivity contribution in [1.82, 2.24) is 15.0 Å². The Labute approximate surface area is 184 Å². The Bertz CT molecular complexity index is 1090. The maximum Gasteiger partial charge on any atom is 0.228 e.